The number of para-hydroxylation sites is 1. The van der Waals surface area contributed by atoms with Crippen molar-refractivity contribution in [2.45, 2.75) is 13.2 Å². The molecular formula is C12H13NO2. The van der Waals surface area contributed by atoms with Gasteiger partial charge in [-0.1, -0.05) is 18.2 Å². The molecule has 0 saturated carbocycles. The van der Waals surface area contributed by atoms with Gasteiger partial charge >= 0.3 is 0 Å². The fourth-order valence-electron chi connectivity index (χ4n) is 1.66. The molecule has 3 heteroatoms. The van der Waals surface area contributed by atoms with Crippen LogP contribution in [-0.4, -0.2) is 14.8 Å². The molecule has 3 nitrogen and oxygen atoms in total. The monoisotopic (exact) mass is 203 g/mol. The van der Waals surface area contributed by atoms with Crippen molar-refractivity contribution in [3.63, 3.8) is 0 Å². The first-order valence-electron chi connectivity index (χ1n) is 4.83. The largest absolute Gasteiger partial charge is 0.392 e. The number of rotatable bonds is 3. The van der Waals surface area contributed by atoms with Gasteiger partial charge in [0.25, 0.3) is 0 Å². The van der Waals surface area contributed by atoms with Crippen LogP contribution >= 0.6 is 0 Å². The van der Waals surface area contributed by atoms with Crippen LogP contribution in [0.5, 0.6) is 0 Å². The van der Waals surface area contributed by atoms with Gasteiger partial charge in [0, 0.05) is 17.5 Å². The molecule has 0 spiro atoms. The Kier molecular flexibility index (Phi) is 2.85. The van der Waals surface area contributed by atoms with Crippen molar-refractivity contribution in [2.75, 3.05) is 0 Å². The maximum absolute atomic E-state index is 9.21. The molecule has 0 saturated heterocycles. The Morgan fingerprint density at radius 3 is 2.47 bits per heavy atom. The molecule has 0 aliphatic heterocycles. The number of aliphatic hydroxyl groups excluding tert-OH is 2. The molecule has 15 heavy (non-hydrogen) atoms. The summed E-state index contributed by atoms with van der Waals surface area (Å²) in [4.78, 5) is 0. The van der Waals surface area contributed by atoms with Crippen molar-refractivity contribution in [3.05, 3.63) is 53.9 Å². The van der Waals surface area contributed by atoms with Crippen molar-refractivity contribution < 1.29 is 10.2 Å². The molecule has 2 aromatic rings. The predicted molar refractivity (Wildman–Crippen MR) is 57.6 cm³/mol. The standard InChI is InChI=1S/C12H13NO2/c14-8-10-4-1-2-6-12(10)13-7-3-5-11(13)9-15/h1-7,14-15H,8-9H2. The lowest BCUT2D eigenvalue weighted by molar-refractivity contribution is 0.272. The van der Waals surface area contributed by atoms with Crippen molar-refractivity contribution in [2.24, 2.45) is 0 Å². The lowest BCUT2D eigenvalue weighted by Gasteiger charge is -2.11. The van der Waals surface area contributed by atoms with Gasteiger partial charge in [0.05, 0.1) is 18.9 Å². The molecule has 0 radical (unpaired) electrons. The first-order valence-corrected chi connectivity index (χ1v) is 4.83. The molecule has 2 N–H and O–H groups in total. The van der Waals surface area contributed by atoms with E-state index in [2.05, 4.69) is 0 Å². The smallest absolute Gasteiger partial charge is 0.0836 e. The normalized spacial score (nSPS) is 10.5. The van der Waals surface area contributed by atoms with Gasteiger partial charge in [-0.15, -0.1) is 0 Å². The second-order valence-electron chi connectivity index (χ2n) is 3.31. The van der Waals surface area contributed by atoms with E-state index >= 15 is 0 Å². The third kappa shape index (κ3) is 1.79. The van der Waals surface area contributed by atoms with Crippen LogP contribution in [0.1, 0.15) is 11.3 Å². The predicted octanol–water partition coefficient (Wildman–Crippen LogP) is 1.46. The number of aromatic nitrogens is 1. The summed E-state index contributed by atoms with van der Waals surface area (Å²) in [7, 11) is 0. The van der Waals surface area contributed by atoms with Gasteiger partial charge in [0.15, 0.2) is 0 Å². The summed E-state index contributed by atoms with van der Waals surface area (Å²) < 4.78 is 1.88. The summed E-state index contributed by atoms with van der Waals surface area (Å²) in [5.41, 5.74) is 2.58. The molecule has 1 aromatic carbocycles. The van der Waals surface area contributed by atoms with Gasteiger partial charge in [-0.2, -0.15) is 0 Å². The van der Waals surface area contributed by atoms with Crippen LogP contribution in [0.2, 0.25) is 0 Å². The van der Waals surface area contributed by atoms with E-state index in [1.807, 2.05) is 47.2 Å². The molecule has 0 aliphatic rings. The molecular weight excluding hydrogens is 190 g/mol. The fourth-order valence-corrected chi connectivity index (χ4v) is 1.66. The van der Waals surface area contributed by atoms with Crippen LogP contribution < -0.4 is 0 Å². The minimum atomic E-state index is -0.00718. The Balaban J connectivity index is 2.53. The van der Waals surface area contributed by atoms with Crippen molar-refractivity contribution in [3.8, 4) is 5.69 Å². The van der Waals surface area contributed by atoms with Crippen LogP contribution in [0.4, 0.5) is 0 Å². The van der Waals surface area contributed by atoms with Gasteiger partial charge in [0.1, 0.15) is 0 Å². The summed E-state index contributed by atoms with van der Waals surface area (Å²) in [6.07, 6.45) is 1.88. The topological polar surface area (TPSA) is 45.4 Å². The first-order chi connectivity index (χ1) is 7.36. The van der Waals surface area contributed by atoms with Crippen LogP contribution in [-0.2, 0) is 13.2 Å². The van der Waals surface area contributed by atoms with Gasteiger partial charge in [-0.05, 0) is 18.2 Å². The quantitative estimate of drug-likeness (QED) is 0.793. The summed E-state index contributed by atoms with van der Waals surface area (Å²) >= 11 is 0. The van der Waals surface area contributed by atoms with Crippen LogP contribution in [0.25, 0.3) is 5.69 Å². The zero-order chi connectivity index (χ0) is 10.7. The van der Waals surface area contributed by atoms with Crippen LogP contribution in [0, 0.1) is 0 Å². The molecule has 1 heterocycles. The van der Waals surface area contributed by atoms with Crippen molar-refractivity contribution in [1.29, 1.82) is 0 Å². The Morgan fingerprint density at radius 2 is 1.73 bits per heavy atom. The zero-order valence-electron chi connectivity index (χ0n) is 8.30. The minimum Gasteiger partial charge on any atom is -0.392 e. The van der Waals surface area contributed by atoms with E-state index in [1.54, 1.807) is 0 Å². The summed E-state index contributed by atoms with van der Waals surface area (Å²) in [6, 6.07) is 11.3. The van der Waals surface area contributed by atoms with Gasteiger partial charge in [-0.3, -0.25) is 0 Å². The molecule has 0 aliphatic carbocycles. The summed E-state index contributed by atoms with van der Waals surface area (Å²) in [5.74, 6) is 0. The summed E-state index contributed by atoms with van der Waals surface area (Å²) in [6.45, 7) is -0.00795. The number of benzene rings is 1. The fraction of sp³-hybridized carbons (Fsp3) is 0.167. The minimum absolute atomic E-state index is 0.000772. The highest BCUT2D eigenvalue weighted by Crippen LogP contribution is 2.17. The SMILES string of the molecule is OCc1ccccc1-n1cccc1CO. The Bertz CT molecular complexity index is 448. The van der Waals surface area contributed by atoms with Crippen molar-refractivity contribution in [1.82, 2.24) is 4.57 Å². The second-order valence-corrected chi connectivity index (χ2v) is 3.31. The Labute approximate surface area is 88.2 Å². The number of hydrogen-bond donors (Lipinski definition) is 2. The summed E-state index contributed by atoms with van der Waals surface area (Å²) in [5, 5.41) is 18.4. The Hall–Kier alpha value is -1.58. The van der Waals surface area contributed by atoms with E-state index in [9.17, 15) is 5.11 Å². The van der Waals surface area contributed by atoms with Crippen LogP contribution in [0.15, 0.2) is 42.6 Å². The van der Waals surface area contributed by atoms with Crippen molar-refractivity contribution >= 4 is 0 Å². The third-order valence-electron chi connectivity index (χ3n) is 2.42. The molecule has 0 fully saturated rings. The third-order valence-corrected chi connectivity index (χ3v) is 2.42. The number of hydrogen-bond acceptors (Lipinski definition) is 2. The maximum Gasteiger partial charge on any atom is 0.0836 e. The molecule has 1 aromatic heterocycles. The van der Waals surface area contributed by atoms with Gasteiger partial charge < -0.3 is 14.8 Å². The molecule has 0 unspecified atom stereocenters. The maximum atomic E-state index is 9.21. The average molecular weight is 203 g/mol. The van der Waals surface area contributed by atoms with E-state index in [-0.39, 0.29) is 13.2 Å². The van der Waals surface area contributed by atoms with E-state index in [1.165, 1.54) is 0 Å². The lowest BCUT2D eigenvalue weighted by atomic mass is 10.2. The van der Waals surface area contributed by atoms with E-state index in [0.29, 0.717) is 0 Å². The molecule has 0 bridgehead atoms. The highest BCUT2D eigenvalue weighted by atomic mass is 16.3. The van der Waals surface area contributed by atoms with E-state index in [0.717, 1.165) is 16.9 Å². The van der Waals surface area contributed by atoms with E-state index in [4.69, 9.17) is 5.11 Å². The zero-order valence-corrected chi connectivity index (χ0v) is 8.30. The highest BCUT2D eigenvalue weighted by molar-refractivity contribution is 5.42. The highest BCUT2D eigenvalue weighted by Gasteiger charge is 2.05. The first kappa shape index (κ1) is 9.96. The number of aliphatic hydroxyl groups is 2. The Morgan fingerprint density at radius 1 is 0.933 bits per heavy atom. The van der Waals surface area contributed by atoms with Gasteiger partial charge in [-0.25, -0.2) is 0 Å². The van der Waals surface area contributed by atoms with Gasteiger partial charge in [0.2, 0.25) is 0 Å². The molecule has 0 amide bonds. The van der Waals surface area contributed by atoms with E-state index < -0.39 is 0 Å². The lowest BCUT2D eigenvalue weighted by Crippen LogP contribution is -2.02. The second kappa shape index (κ2) is 4.29. The average Bonchev–Trinajstić information content (AvgIpc) is 2.76. The molecule has 2 rings (SSSR count). The number of nitrogens with zero attached hydrogens (tertiary/aromatic N) is 1. The van der Waals surface area contributed by atoms with Crippen LogP contribution in [0.3, 0.4) is 0 Å². The molecule has 78 valence electrons. The molecule has 0 atom stereocenters.